The highest BCUT2D eigenvalue weighted by Crippen LogP contribution is 2.32. The van der Waals surface area contributed by atoms with Gasteiger partial charge in [-0.1, -0.05) is 78.4 Å². The van der Waals surface area contributed by atoms with Gasteiger partial charge in [-0.25, -0.2) is 9.69 Å². The van der Waals surface area contributed by atoms with Crippen LogP contribution < -0.4 is 14.4 Å². The number of amides is 1. The van der Waals surface area contributed by atoms with Crippen molar-refractivity contribution in [1.82, 2.24) is 0 Å². The molecule has 4 aromatic carbocycles. The number of nitrogens with zero attached hydrogens (tertiary/aromatic N) is 1. The SMILES string of the molecule is COc1cc(C=CC(=O)c2ccc(C)cc2)ccc1OC(=O)N(c1ccccc1)c1ccccc1. The van der Waals surface area contributed by atoms with Crippen LogP contribution in [0.4, 0.5) is 16.2 Å². The topological polar surface area (TPSA) is 55.8 Å². The van der Waals surface area contributed by atoms with E-state index < -0.39 is 6.09 Å². The van der Waals surface area contributed by atoms with E-state index in [4.69, 9.17) is 9.47 Å². The Bertz CT molecular complexity index is 1290. The number of methoxy groups -OCH3 is 1. The molecule has 0 spiro atoms. The molecule has 0 aliphatic heterocycles. The van der Waals surface area contributed by atoms with Crippen LogP contribution in [-0.4, -0.2) is 19.0 Å². The van der Waals surface area contributed by atoms with E-state index >= 15 is 0 Å². The van der Waals surface area contributed by atoms with Crippen molar-refractivity contribution in [2.24, 2.45) is 0 Å². The Balaban J connectivity index is 1.55. The second-order valence-electron chi connectivity index (χ2n) is 7.85. The van der Waals surface area contributed by atoms with Crippen LogP contribution >= 0.6 is 0 Å². The van der Waals surface area contributed by atoms with Crippen LogP contribution in [-0.2, 0) is 0 Å². The predicted molar refractivity (Wildman–Crippen MR) is 139 cm³/mol. The smallest absolute Gasteiger partial charge is 0.424 e. The molecule has 0 N–H and O–H groups in total. The number of rotatable bonds is 7. The van der Waals surface area contributed by atoms with Gasteiger partial charge < -0.3 is 9.47 Å². The monoisotopic (exact) mass is 463 g/mol. The molecular weight excluding hydrogens is 438 g/mol. The summed E-state index contributed by atoms with van der Waals surface area (Å²) in [7, 11) is 1.50. The predicted octanol–water partition coefficient (Wildman–Crippen LogP) is 7.24. The van der Waals surface area contributed by atoms with Crippen molar-refractivity contribution in [1.29, 1.82) is 0 Å². The number of benzene rings is 4. The number of aryl methyl sites for hydroxylation is 1. The van der Waals surface area contributed by atoms with Crippen molar-refractivity contribution in [2.45, 2.75) is 6.92 Å². The maximum Gasteiger partial charge on any atom is 0.424 e. The van der Waals surface area contributed by atoms with Crippen LogP contribution in [0.3, 0.4) is 0 Å². The van der Waals surface area contributed by atoms with Crippen LogP contribution in [0.2, 0.25) is 0 Å². The van der Waals surface area contributed by atoms with Crippen molar-refractivity contribution in [3.8, 4) is 11.5 Å². The highest BCUT2D eigenvalue weighted by molar-refractivity contribution is 6.06. The van der Waals surface area contributed by atoms with E-state index in [-0.39, 0.29) is 11.5 Å². The van der Waals surface area contributed by atoms with Gasteiger partial charge >= 0.3 is 6.09 Å². The average molecular weight is 464 g/mol. The van der Waals surface area contributed by atoms with Gasteiger partial charge in [0.05, 0.1) is 18.5 Å². The molecule has 0 saturated carbocycles. The first kappa shape index (κ1) is 23.5. The van der Waals surface area contributed by atoms with E-state index in [0.717, 1.165) is 11.1 Å². The summed E-state index contributed by atoms with van der Waals surface area (Å²) < 4.78 is 11.2. The second kappa shape index (κ2) is 11.0. The van der Waals surface area contributed by atoms with Crippen LogP contribution in [0.5, 0.6) is 11.5 Å². The van der Waals surface area contributed by atoms with Crippen molar-refractivity contribution >= 4 is 29.3 Å². The van der Waals surface area contributed by atoms with E-state index in [1.165, 1.54) is 18.1 Å². The lowest BCUT2D eigenvalue weighted by molar-refractivity contribution is 0.104. The number of para-hydroxylation sites is 2. The Labute approximate surface area is 204 Å². The third-order valence-electron chi connectivity index (χ3n) is 5.36. The fraction of sp³-hybridized carbons (Fsp3) is 0.0667. The number of ketones is 1. The lowest BCUT2D eigenvalue weighted by atomic mass is 10.1. The molecular formula is C30H25NO4. The summed E-state index contributed by atoms with van der Waals surface area (Å²) in [6.07, 6.45) is 2.65. The van der Waals surface area contributed by atoms with E-state index in [2.05, 4.69) is 0 Å². The fourth-order valence-electron chi connectivity index (χ4n) is 3.51. The largest absolute Gasteiger partial charge is 0.493 e. The van der Waals surface area contributed by atoms with E-state index in [9.17, 15) is 9.59 Å². The van der Waals surface area contributed by atoms with Gasteiger partial charge in [0.15, 0.2) is 17.3 Å². The molecule has 0 saturated heterocycles. The maximum atomic E-state index is 13.3. The van der Waals surface area contributed by atoms with Crippen molar-refractivity contribution in [3.05, 3.63) is 126 Å². The minimum Gasteiger partial charge on any atom is -0.493 e. The number of ether oxygens (including phenoxy) is 2. The van der Waals surface area contributed by atoms with Gasteiger partial charge in [-0.15, -0.1) is 0 Å². The maximum absolute atomic E-state index is 13.3. The average Bonchev–Trinajstić information content (AvgIpc) is 2.89. The van der Waals surface area contributed by atoms with Gasteiger partial charge in [0.1, 0.15) is 0 Å². The van der Waals surface area contributed by atoms with Gasteiger partial charge in [-0.3, -0.25) is 4.79 Å². The molecule has 0 atom stereocenters. The van der Waals surface area contributed by atoms with Crippen LogP contribution in [0, 0.1) is 6.92 Å². The molecule has 35 heavy (non-hydrogen) atoms. The molecule has 0 radical (unpaired) electrons. The summed E-state index contributed by atoms with van der Waals surface area (Å²) >= 11 is 0. The number of carbonyl (C=O) groups excluding carboxylic acids is 2. The normalized spacial score (nSPS) is 10.7. The molecule has 0 bridgehead atoms. The first-order valence-electron chi connectivity index (χ1n) is 11.1. The lowest BCUT2D eigenvalue weighted by Gasteiger charge is -2.22. The number of hydrogen-bond donors (Lipinski definition) is 0. The molecule has 4 rings (SSSR count). The van der Waals surface area contributed by atoms with Gasteiger partial charge in [-0.05, 0) is 55.0 Å². The summed E-state index contributed by atoms with van der Waals surface area (Å²) in [6, 6.07) is 31.1. The zero-order valence-electron chi connectivity index (χ0n) is 19.5. The zero-order chi connectivity index (χ0) is 24.6. The minimum atomic E-state index is -0.571. The molecule has 174 valence electrons. The van der Waals surface area contributed by atoms with Crippen molar-refractivity contribution in [3.63, 3.8) is 0 Å². The summed E-state index contributed by atoms with van der Waals surface area (Å²) in [4.78, 5) is 27.2. The van der Waals surface area contributed by atoms with E-state index in [1.54, 1.807) is 36.4 Å². The van der Waals surface area contributed by atoms with E-state index in [0.29, 0.717) is 22.7 Å². The quantitative estimate of drug-likeness (QED) is 0.214. The highest BCUT2D eigenvalue weighted by atomic mass is 16.6. The number of anilines is 2. The summed E-state index contributed by atoms with van der Waals surface area (Å²) in [5, 5.41) is 0. The molecule has 0 aliphatic rings. The minimum absolute atomic E-state index is 0.0964. The molecule has 0 unspecified atom stereocenters. The Hall–Kier alpha value is -4.64. The van der Waals surface area contributed by atoms with Gasteiger partial charge in [0.2, 0.25) is 0 Å². The Morgan fingerprint density at radius 2 is 1.34 bits per heavy atom. The molecule has 5 heteroatoms. The molecule has 0 aromatic heterocycles. The molecule has 0 aliphatic carbocycles. The first-order valence-corrected chi connectivity index (χ1v) is 11.1. The van der Waals surface area contributed by atoms with Crippen LogP contribution in [0.1, 0.15) is 21.5 Å². The lowest BCUT2D eigenvalue weighted by Crippen LogP contribution is -2.29. The van der Waals surface area contributed by atoms with E-state index in [1.807, 2.05) is 79.7 Å². The molecule has 0 heterocycles. The fourth-order valence-corrected chi connectivity index (χ4v) is 3.51. The Kier molecular flexibility index (Phi) is 7.38. The summed E-state index contributed by atoms with van der Waals surface area (Å²) in [5.74, 6) is 0.557. The van der Waals surface area contributed by atoms with Gasteiger partial charge in [-0.2, -0.15) is 0 Å². The number of hydrogen-bond acceptors (Lipinski definition) is 4. The highest BCUT2D eigenvalue weighted by Gasteiger charge is 2.21. The molecule has 4 aromatic rings. The Morgan fingerprint density at radius 1 is 0.743 bits per heavy atom. The van der Waals surface area contributed by atoms with Crippen molar-refractivity contribution < 1.29 is 19.1 Å². The van der Waals surface area contributed by atoms with Crippen LogP contribution in [0.15, 0.2) is 109 Å². The molecule has 5 nitrogen and oxygen atoms in total. The van der Waals surface area contributed by atoms with Crippen LogP contribution in [0.25, 0.3) is 6.08 Å². The second-order valence-corrected chi connectivity index (χ2v) is 7.85. The van der Waals surface area contributed by atoms with Gasteiger partial charge in [0.25, 0.3) is 0 Å². The zero-order valence-corrected chi connectivity index (χ0v) is 19.5. The summed E-state index contributed by atoms with van der Waals surface area (Å²) in [6.45, 7) is 1.98. The number of carbonyl (C=O) groups is 2. The number of allylic oxidation sites excluding steroid dienone is 1. The first-order chi connectivity index (χ1) is 17.0. The third kappa shape index (κ3) is 5.84. The molecule has 0 fully saturated rings. The van der Waals surface area contributed by atoms with Gasteiger partial charge in [0, 0.05) is 5.56 Å². The summed E-state index contributed by atoms with van der Waals surface area (Å²) in [5.41, 5.74) is 3.81. The Morgan fingerprint density at radius 3 is 1.91 bits per heavy atom. The third-order valence-corrected chi connectivity index (χ3v) is 5.36. The molecule has 1 amide bonds. The standard InChI is InChI=1S/C30H25NO4/c1-22-13-17-24(18-14-22)27(32)19-15-23-16-20-28(29(21-23)34-2)35-30(33)31(25-9-5-3-6-10-25)26-11-7-4-8-12-26/h3-21H,1-2H3. The van der Waals surface area contributed by atoms with Crippen molar-refractivity contribution in [2.75, 3.05) is 12.0 Å².